The van der Waals surface area contributed by atoms with Gasteiger partial charge in [-0.2, -0.15) is 0 Å². The number of nitrogens with two attached hydrogens (primary N) is 1. The minimum absolute atomic E-state index is 0.159. The summed E-state index contributed by atoms with van der Waals surface area (Å²) in [5, 5.41) is 3.22. The van der Waals surface area contributed by atoms with Gasteiger partial charge in [-0.15, -0.1) is 11.8 Å². The average molecular weight is 325 g/mol. The Morgan fingerprint density at radius 2 is 2.10 bits per heavy atom. The fourth-order valence-electron chi connectivity index (χ4n) is 1.67. The maximum absolute atomic E-state index is 13.0. The van der Waals surface area contributed by atoms with Gasteiger partial charge in [-0.1, -0.05) is 17.7 Å². The molecule has 0 radical (unpaired) electrons. The van der Waals surface area contributed by atoms with Gasteiger partial charge in [0.25, 0.3) is 0 Å². The molecule has 0 unspecified atom stereocenters. The van der Waals surface area contributed by atoms with Crippen LogP contribution in [0.2, 0.25) is 5.02 Å². The number of anilines is 2. The summed E-state index contributed by atoms with van der Waals surface area (Å²) in [4.78, 5) is 12.6. The summed E-state index contributed by atoms with van der Waals surface area (Å²) in [6, 6.07) is 11.2. The van der Waals surface area contributed by atoms with Crippen molar-refractivity contribution in [3.05, 3.63) is 53.3 Å². The number of benzene rings is 2. The zero-order valence-corrected chi connectivity index (χ0v) is 12.7. The second kappa shape index (κ2) is 7.33. The Morgan fingerprint density at radius 3 is 2.86 bits per heavy atom. The number of nitrogen functional groups attached to an aromatic ring is 1. The van der Waals surface area contributed by atoms with Crippen molar-refractivity contribution >= 4 is 40.6 Å². The number of rotatable bonds is 5. The molecule has 0 fully saturated rings. The molecule has 0 saturated heterocycles. The van der Waals surface area contributed by atoms with Crippen molar-refractivity contribution in [3.63, 3.8) is 0 Å². The van der Waals surface area contributed by atoms with E-state index in [0.29, 0.717) is 28.6 Å². The van der Waals surface area contributed by atoms with Crippen molar-refractivity contribution in [2.24, 2.45) is 0 Å². The van der Waals surface area contributed by atoms with Gasteiger partial charge in [0.2, 0.25) is 5.91 Å². The van der Waals surface area contributed by atoms with Crippen LogP contribution in [-0.4, -0.2) is 11.7 Å². The normalized spacial score (nSPS) is 10.4. The van der Waals surface area contributed by atoms with Crippen LogP contribution < -0.4 is 11.1 Å². The van der Waals surface area contributed by atoms with E-state index in [4.69, 9.17) is 17.3 Å². The summed E-state index contributed by atoms with van der Waals surface area (Å²) in [7, 11) is 0. The molecule has 2 rings (SSSR count). The molecule has 0 aliphatic carbocycles. The molecule has 110 valence electrons. The number of halogens is 2. The van der Waals surface area contributed by atoms with Gasteiger partial charge in [-0.05, 0) is 36.4 Å². The molecule has 0 saturated carbocycles. The molecule has 0 spiro atoms. The molecule has 2 aromatic rings. The van der Waals surface area contributed by atoms with Gasteiger partial charge >= 0.3 is 0 Å². The van der Waals surface area contributed by atoms with E-state index in [2.05, 4.69) is 5.32 Å². The van der Waals surface area contributed by atoms with Crippen LogP contribution in [0.4, 0.5) is 15.8 Å². The monoisotopic (exact) mass is 324 g/mol. The van der Waals surface area contributed by atoms with Gasteiger partial charge in [0.15, 0.2) is 0 Å². The van der Waals surface area contributed by atoms with E-state index >= 15 is 0 Å². The largest absolute Gasteiger partial charge is 0.397 e. The van der Waals surface area contributed by atoms with Crippen LogP contribution in [0.5, 0.6) is 0 Å². The number of hydrogen-bond acceptors (Lipinski definition) is 3. The lowest BCUT2D eigenvalue weighted by atomic mass is 10.2. The van der Waals surface area contributed by atoms with Crippen LogP contribution in [0, 0.1) is 5.82 Å². The van der Waals surface area contributed by atoms with Crippen LogP contribution in [0.1, 0.15) is 6.42 Å². The highest BCUT2D eigenvalue weighted by Crippen LogP contribution is 2.24. The van der Waals surface area contributed by atoms with Crippen molar-refractivity contribution < 1.29 is 9.18 Å². The maximum Gasteiger partial charge on any atom is 0.225 e. The van der Waals surface area contributed by atoms with Crippen molar-refractivity contribution in [1.82, 2.24) is 0 Å². The predicted octanol–water partition coefficient (Wildman–Crippen LogP) is 4.18. The molecule has 1 amide bonds. The SMILES string of the molecule is Nc1ccc(Cl)cc1NC(=O)CCSc1cccc(F)c1. The fourth-order valence-corrected chi connectivity index (χ4v) is 2.73. The molecule has 3 N–H and O–H groups in total. The highest BCUT2D eigenvalue weighted by Gasteiger charge is 2.06. The van der Waals surface area contributed by atoms with Gasteiger partial charge < -0.3 is 11.1 Å². The molecule has 0 aromatic heterocycles. The molecule has 6 heteroatoms. The summed E-state index contributed by atoms with van der Waals surface area (Å²) < 4.78 is 13.0. The van der Waals surface area contributed by atoms with Gasteiger partial charge in [0.1, 0.15) is 5.82 Å². The molecule has 2 aromatic carbocycles. The Morgan fingerprint density at radius 1 is 1.29 bits per heavy atom. The van der Waals surface area contributed by atoms with E-state index in [0.717, 1.165) is 4.90 Å². The second-order valence-corrected chi connectivity index (χ2v) is 5.94. The number of amides is 1. The third-order valence-corrected chi connectivity index (χ3v) is 3.91. The summed E-state index contributed by atoms with van der Waals surface area (Å²) in [5.41, 5.74) is 6.72. The van der Waals surface area contributed by atoms with Crippen LogP contribution in [0.15, 0.2) is 47.4 Å². The fraction of sp³-hybridized carbons (Fsp3) is 0.133. The van der Waals surface area contributed by atoms with Gasteiger partial charge in [0.05, 0.1) is 11.4 Å². The van der Waals surface area contributed by atoms with Crippen molar-refractivity contribution in [2.75, 3.05) is 16.8 Å². The minimum atomic E-state index is -0.281. The molecule has 0 aliphatic heterocycles. The molecule has 0 atom stereocenters. The lowest BCUT2D eigenvalue weighted by molar-refractivity contribution is -0.115. The number of carbonyl (C=O) groups excluding carboxylic acids is 1. The number of carbonyl (C=O) groups is 1. The van der Waals surface area contributed by atoms with E-state index < -0.39 is 0 Å². The first-order chi connectivity index (χ1) is 10.0. The third-order valence-electron chi connectivity index (χ3n) is 2.68. The van der Waals surface area contributed by atoms with Gasteiger partial charge in [-0.3, -0.25) is 4.79 Å². The second-order valence-electron chi connectivity index (χ2n) is 4.34. The van der Waals surface area contributed by atoms with Gasteiger partial charge in [0, 0.05) is 22.1 Å². The Kier molecular flexibility index (Phi) is 5.47. The van der Waals surface area contributed by atoms with Gasteiger partial charge in [-0.25, -0.2) is 4.39 Å². The van der Waals surface area contributed by atoms with Crippen LogP contribution in [-0.2, 0) is 4.79 Å². The lowest BCUT2D eigenvalue weighted by Gasteiger charge is -2.08. The summed E-state index contributed by atoms with van der Waals surface area (Å²) in [6.45, 7) is 0. The van der Waals surface area contributed by atoms with Crippen molar-refractivity contribution in [3.8, 4) is 0 Å². The number of thioether (sulfide) groups is 1. The van der Waals surface area contributed by atoms with E-state index in [1.165, 1.54) is 23.9 Å². The Bertz CT molecular complexity index is 651. The summed E-state index contributed by atoms with van der Waals surface area (Å²) in [6.07, 6.45) is 0.299. The van der Waals surface area contributed by atoms with Crippen LogP contribution >= 0.6 is 23.4 Å². The molecule has 0 bridgehead atoms. The summed E-state index contributed by atoms with van der Waals surface area (Å²) >= 11 is 7.28. The van der Waals surface area contributed by atoms with Crippen molar-refractivity contribution in [1.29, 1.82) is 0 Å². The number of nitrogens with one attached hydrogen (secondary N) is 1. The smallest absolute Gasteiger partial charge is 0.225 e. The molecule has 21 heavy (non-hydrogen) atoms. The quantitative estimate of drug-likeness (QED) is 0.640. The molecular formula is C15H14ClFN2OS. The van der Waals surface area contributed by atoms with E-state index in [1.54, 1.807) is 30.3 Å². The lowest BCUT2D eigenvalue weighted by Crippen LogP contribution is -2.13. The van der Waals surface area contributed by atoms with Crippen LogP contribution in [0.25, 0.3) is 0 Å². The molecule has 3 nitrogen and oxygen atoms in total. The van der Waals surface area contributed by atoms with Crippen molar-refractivity contribution in [2.45, 2.75) is 11.3 Å². The predicted molar refractivity (Wildman–Crippen MR) is 86.2 cm³/mol. The molecule has 0 heterocycles. The zero-order valence-electron chi connectivity index (χ0n) is 11.1. The number of hydrogen-bond donors (Lipinski definition) is 2. The Labute approximate surface area is 131 Å². The Balaban J connectivity index is 1.84. The molecular weight excluding hydrogens is 311 g/mol. The first-order valence-corrected chi connectivity index (χ1v) is 7.64. The summed E-state index contributed by atoms with van der Waals surface area (Å²) in [5.74, 6) is 0.111. The van der Waals surface area contributed by atoms with E-state index in [-0.39, 0.29) is 11.7 Å². The van der Waals surface area contributed by atoms with Crippen LogP contribution in [0.3, 0.4) is 0 Å². The molecule has 0 aliphatic rings. The Hall–Kier alpha value is -1.72. The zero-order chi connectivity index (χ0) is 15.2. The third kappa shape index (κ3) is 4.95. The highest BCUT2D eigenvalue weighted by atomic mass is 35.5. The topological polar surface area (TPSA) is 55.1 Å². The van der Waals surface area contributed by atoms with E-state index in [9.17, 15) is 9.18 Å². The highest BCUT2D eigenvalue weighted by molar-refractivity contribution is 7.99. The average Bonchev–Trinajstić information content (AvgIpc) is 2.43. The minimum Gasteiger partial charge on any atom is -0.397 e. The first-order valence-electron chi connectivity index (χ1n) is 6.28. The first kappa shape index (κ1) is 15.7. The standard InChI is InChI=1S/C15H14ClFN2OS/c16-10-4-5-13(18)14(8-10)19-15(20)6-7-21-12-3-1-2-11(17)9-12/h1-5,8-9H,6-7,18H2,(H,19,20). The van der Waals surface area contributed by atoms with E-state index in [1.807, 2.05) is 0 Å². The maximum atomic E-state index is 13.0.